The Bertz CT molecular complexity index is 882. The fraction of sp³-hybridized carbons (Fsp3) is 0.471. The summed E-state index contributed by atoms with van der Waals surface area (Å²) < 4.78 is 35.7. The average molecular weight is 401 g/mol. The van der Waals surface area contributed by atoms with Crippen molar-refractivity contribution in [3.63, 3.8) is 0 Å². The summed E-state index contributed by atoms with van der Waals surface area (Å²) in [6.45, 7) is 5.26. The van der Waals surface area contributed by atoms with Crippen LogP contribution in [0.4, 0.5) is 0 Å². The first-order valence-corrected chi connectivity index (χ1v) is 9.65. The van der Waals surface area contributed by atoms with E-state index in [1.165, 1.54) is 11.4 Å². The number of aryl methyl sites for hydroxylation is 3. The van der Waals surface area contributed by atoms with E-state index in [1.807, 2.05) is 37.7 Å². The summed E-state index contributed by atoms with van der Waals surface area (Å²) >= 11 is 0. The molecule has 1 saturated heterocycles. The molecule has 7 nitrogen and oxygen atoms in total. The van der Waals surface area contributed by atoms with Crippen LogP contribution in [0.15, 0.2) is 29.4 Å². The van der Waals surface area contributed by atoms with Crippen molar-refractivity contribution in [1.29, 1.82) is 0 Å². The highest BCUT2D eigenvalue weighted by molar-refractivity contribution is 7.89. The summed E-state index contributed by atoms with van der Waals surface area (Å²) in [5.41, 5.74) is 1.70. The van der Waals surface area contributed by atoms with Crippen molar-refractivity contribution in [2.75, 3.05) is 26.7 Å². The SMILES string of the molecule is COc1c(C)cc(C)cc1S(=O)(=O)N1CCNCC1c1nccn1C.Cl. The van der Waals surface area contributed by atoms with Gasteiger partial charge in [-0.2, -0.15) is 4.31 Å². The molecule has 1 unspecified atom stereocenters. The molecule has 3 rings (SSSR count). The second kappa shape index (κ2) is 7.96. The van der Waals surface area contributed by atoms with Gasteiger partial charge in [0.05, 0.1) is 13.2 Å². The zero-order chi connectivity index (χ0) is 18.2. The quantitative estimate of drug-likeness (QED) is 0.846. The summed E-state index contributed by atoms with van der Waals surface area (Å²) in [4.78, 5) is 4.58. The standard InChI is InChI=1S/C17H24N4O3S.ClH/c1-12-9-13(2)16(24-4)15(10-12)25(22,23)21-8-5-18-11-14(21)17-19-6-7-20(17)3;/h6-7,9-10,14,18H,5,8,11H2,1-4H3;1H. The summed E-state index contributed by atoms with van der Waals surface area (Å²) in [5.74, 6) is 1.13. The van der Waals surface area contributed by atoms with Gasteiger partial charge < -0.3 is 14.6 Å². The molecule has 0 amide bonds. The molecule has 0 radical (unpaired) electrons. The lowest BCUT2D eigenvalue weighted by atomic mass is 10.1. The first-order chi connectivity index (χ1) is 11.9. The predicted octanol–water partition coefficient (Wildman–Crippen LogP) is 1.80. The zero-order valence-corrected chi connectivity index (χ0v) is 17.0. The molecule has 0 bridgehead atoms. The van der Waals surface area contributed by atoms with Crippen molar-refractivity contribution >= 4 is 22.4 Å². The van der Waals surface area contributed by atoms with Gasteiger partial charge in [0.1, 0.15) is 16.5 Å². The highest BCUT2D eigenvalue weighted by Crippen LogP contribution is 2.35. The number of methoxy groups -OCH3 is 1. The maximum absolute atomic E-state index is 13.5. The highest BCUT2D eigenvalue weighted by atomic mass is 35.5. The number of piperazine rings is 1. The minimum absolute atomic E-state index is 0. The number of rotatable bonds is 4. The van der Waals surface area contributed by atoms with E-state index in [9.17, 15) is 8.42 Å². The minimum atomic E-state index is -3.73. The summed E-state index contributed by atoms with van der Waals surface area (Å²) in [6, 6.07) is 3.24. The smallest absolute Gasteiger partial charge is 0.247 e. The van der Waals surface area contributed by atoms with Gasteiger partial charge in [-0.3, -0.25) is 0 Å². The van der Waals surface area contributed by atoms with E-state index in [0.717, 1.165) is 17.0 Å². The molecular weight excluding hydrogens is 376 g/mol. The molecule has 1 aromatic carbocycles. The van der Waals surface area contributed by atoms with E-state index in [-0.39, 0.29) is 23.3 Å². The van der Waals surface area contributed by atoms with Crippen LogP contribution in [-0.4, -0.2) is 49.0 Å². The maximum Gasteiger partial charge on any atom is 0.247 e. The molecule has 9 heteroatoms. The van der Waals surface area contributed by atoms with Crippen LogP contribution in [0.1, 0.15) is 23.0 Å². The molecule has 1 aromatic heterocycles. The van der Waals surface area contributed by atoms with Gasteiger partial charge in [-0.25, -0.2) is 13.4 Å². The predicted molar refractivity (Wildman–Crippen MR) is 102 cm³/mol. The van der Waals surface area contributed by atoms with Crippen LogP contribution in [0, 0.1) is 13.8 Å². The lowest BCUT2D eigenvalue weighted by Gasteiger charge is -2.35. The Morgan fingerprint density at radius 1 is 1.31 bits per heavy atom. The lowest BCUT2D eigenvalue weighted by molar-refractivity contribution is 0.257. The van der Waals surface area contributed by atoms with Crippen molar-refractivity contribution in [2.45, 2.75) is 24.8 Å². The van der Waals surface area contributed by atoms with Gasteiger partial charge in [0.25, 0.3) is 0 Å². The Hall–Kier alpha value is -1.61. The van der Waals surface area contributed by atoms with Crippen molar-refractivity contribution in [1.82, 2.24) is 19.2 Å². The zero-order valence-electron chi connectivity index (χ0n) is 15.4. The van der Waals surface area contributed by atoms with Crippen LogP contribution in [0.2, 0.25) is 0 Å². The number of imidazole rings is 1. The number of nitrogens with one attached hydrogen (secondary N) is 1. The van der Waals surface area contributed by atoms with Gasteiger partial charge in [0, 0.05) is 39.1 Å². The Kier molecular flexibility index (Phi) is 6.33. The van der Waals surface area contributed by atoms with Crippen LogP contribution in [0.3, 0.4) is 0 Å². The molecule has 1 N–H and O–H groups in total. The first kappa shape index (κ1) is 20.7. The topological polar surface area (TPSA) is 76.5 Å². The largest absolute Gasteiger partial charge is 0.495 e. The normalized spacial score (nSPS) is 18.4. The van der Waals surface area contributed by atoms with Crippen LogP contribution in [0.25, 0.3) is 0 Å². The van der Waals surface area contributed by atoms with E-state index in [0.29, 0.717) is 25.4 Å². The summed E-state index contributed by atoms with van der Waals surface area (Å²) in [6.07, 6.45) is 3.51. The molecule has 1 atom stereocenters. The lowest BCUT2D eigenvalue weighted by Crippen LogP contribution is -2.49. The Morgan fingerprint density at radius 3 is 2.65 bits per heavy atom. The van der Waals surface area contributed by atoms with Crippen molar-refractivity contribution in [3.8, 4) is 5.75 Å². The molecule has 0 spiro atoms. The van der Waals surface area contributed by atoms with E-state index in [1.54, 1.807) is 12.3 Å². The molecule has 0 aliphatic carbocycles. The highest BCUT2D eigenvalue weighted by Gasteiger charge is 2.38. The average Bonchev–Trinajstić information content (AvgIpc) is 3.00. The molecule has 1 fully saturated rings. The molecule has 2 heterocycles. The van der Waals surface area contributed by atoms with Gasteiger partial charge >= 0.3 is 0 Å². The fourth-order valence-electron chi connectivity index (χ4n) is 3.39. The number of aromatic nitrogens is 2. The van der Waals surface area contributed by atoms with Crippen LogP contribution < -0.4 is 10.1 Å². The number of sulfonamides is 1. The second-order valence-electron chi connectivity index (χ2n) is 6.35. The second-order valence-corrected chi connectivity index (χ2v) is 8.20. The van der Waals surface area contributed by atoms with Crippen LogP contribution in [-0.2, 0) is 17.1 Å². The Balaban J connectivity index is 0.00000243. The van der Waals surface area contributed by atoms with Gasteiger partial charge in [0.15, 0.2) is 0 Å². The Labute approximate surface area is 160 Å². The fourth-order valence-corrected chi connectivity index (χ4v) is 5.29. The van der Waals surface area contributed by atoms with Gasteiger partial charge in [-0.15, -0.1) is 12.4 Å². The van der Waals surface area contributed by atoms with Gasteiger partial charge in [-0.1, -0.05) is 6.07 Å². The van der Waals surface area contributed by atoms with Crippen molar-refractivity contribution in [2.24, 2.45) is 7.05 Å². The molecule has 144 valence electrons. The van der Waals surface area contributed by atoms with E-state index in [2.05, 4.69) is 10.3 Å². The third kappa shape index (κ3) is 3.59. The van der Waals surface area contributed by atoms with Crippen molar-refractivity contribution < 1.29 is 13.2 Å². The summed E-state index contributed by atoms with van der Waals surface area (Å²) in [7, 11) is -0.348. The molecular formula is C17H25ClN4O3S. The molecule has 26 heavy (non-hydrogen) atoms. The maximum atomic E-state index is 13.5. The number of ether oxygens (including phenoxy) is 1. The third-order valence-corrected chi connectivity index (χ3v) is 6.44. The number of nitrogens with zero attached hydrogens (tertiary/aromatic N) is 3. The van der Waals surface area contributed by atoms with Gasteiger partial charge in [-0.05, 0) is 31.0 Å². The third-order valence-electron chi connectivity index (χ3n) is 4.53. The van der Waals surface area contributed by atoms with Crippen molar-refractivity contribution in [3.05, 3.63) is 41.5 Å². The summed E-state index contributed by atoms with van der Waals surface area (Å²) in [5, 5.41) is 3.26. The molecule has 1 aliphatic heterocycles. The van der Waals surface area contributed by atoms with Crippen LogP contribution in [0.5, 0.6) is 5.75 Å². The monoisotopic (exact) mass is 400 g/mol. The van der Waals surface area contributed by atoms with Crippen LogP contribution >= 0.6 is 12.4 Å². The number of hydrogen-bond acceptors (Lipinski definition) is 5. The number of hydrogen-bond donors (Lipinski definition) is 1. The minimum Gasteiger partial charge on any atom is -0.495 e. The molecule has 2 aromatic rings. The molecule has 0 saturated carbocycles. The molecule has 1 aliphatic rings. The number of halogens is 1. The van der Waals surface area contributed by atoms with Gasteiger partial charge in [0.2, 0.25) is 10.0 Å². The van der Waals surface area contributed by atoms with E-state index < -0.39 is 10.0 Å². The van der Waals surface area contributed by atoms with E-state index in [4.69, 9.17) is 4.74 Å². The Morgan fingerprint density at radius 2 is 2.04 bits per heavy atom. The van der Waals surface area contributed by atoms with E-state index >= 15 is 0 Å². The first-order valence-electron chi connectivity index (χ1n) is 8.21. The number of benzene rings is 1.